The van der Waals surface area contributed by atoms with Crippen molar-refractivity contribution in [3.05, 3.63) is 65.1 Å². The van der Waals surface area contributed by atoms with E-state index in [1.807, 2.05) is 12.1 Å². The second-order valence-corrected chi connectivity index (χ2v) is 8.21. The summed E-state index contributed by atoms with van der Waals surface area (Å²) in [7, 11) is 0. The Kier molecular flexibility index (Phi) is 3.98. The van der Waals surface area contributed by atoms with Gasteiger partial charge in [-0.2, -0.15) is 5.26 Å². The number of aromatic nitrogens is 3. The van der Waals surface area contributed by atoms with Crippen LogP contribution in [0.5, 0.6) is 0 Å². The first-order valence-corrected chi connectivity index (χ1v) is 9.78. The molecule has 0 bridgehead atoms. The van der Waals surface area contributed by atoms with Crippen molar-refractivity contribution >= 4 is 39.5 Å². The van der Waals surface area contributed by atoms with E-state index in [1.54, 1.807) is 13.0 Å². The van der Waals surface area contributed by atoms with Crippen molar-refractivity contribution in [3.8, 4) is 6.07 Å². The largest absolute Gasteiger partial charge is 0.378 e. The zero-order valence-corrected chi connectivity index (χ0v) is 16.3. The molecule has 3 heterocycles. The van der Waals surface area contributed by atoms with Gasteiger partial charge in [0.25, 0.3) is 0 Å². The van der Waals surface area contributed by atoms with Crippen molar-refractivity contribution in [3.63, 3.8) is 0 Å². The monoisotopic (exact) mass is 421 g/mol. The van der Waals surface area contributed by atoms with Crippen LogP contribution in [0.15, 0.2) is 47.4 Å². The minimum atomic E-state index is -1.07. The van der Waals surface area contributed by atoms with Gasteiger partial charge in [0.15, 0.2) is 22.6 Å². The normalized spacial score (nSPS) is 22.0. The summed E-state index contributed by atoms with van der Waals surface area (Å²) in [6, 6.07) is 6.11. The molecule has 0 saturated carbocycles. The molecule has 1 aliphatic heterocycles. The molecular weight excluding hydrogens is 408 g/mol. The standard InChI is InChI=1S/C20H13F2N7S/c1-20(11-5-15(11)30-19(24)29-20)12-3-10(4-13(21)16(12)22)28-18-17-14(26-8-27-18)2-9(6-23)7-25-17/h2-5,7-8,15H,1H3,(H2,24,29)(H,26,27,28)/t15-,20-/m0/s1. The minimum absolute atomic E-state index is 0.0657. The average Bonchev–Trinajstić information content (AvgIpc) is 3.50. The predicted octanol–water partition coefficient (Wildman–Crippen LogP) is 3.50. The molecule has 1 aromatic carbocycles. The summed E-state index contributed by atoms with van der Waals surface area (Å²) in [6.07, 6.45) is 4.64. The molecule has 7 nitrogen and oxygen atoms in total. The number of thioether (sulfide) groups is 1. The summed E-state index contributed by atoms with van der Waals surface area (Å²) >= 11 is 1.39. The number of halogens is 2. The summed E-state index contributed by atoms with van der Waals surface area (Å²) in [4.78, 5) is 16.9. The van der Waals surface area contributed by atoms with E-state index in [1.165, 1.54) is 30.4 Å². The summed E-state index contributed by atoms with van der Waals surface area (Å²) < 4.78 is 29.3. The number of hydrogen-bond donors (Lipinski definition) is 2. The first-order chi connectivity index (χ1) is 14.4. The van der Waals surface area contributed by atoms with Gasteiger partial charge in [-0.3, -0.25) is 0 Å². The topological polar surface area (TPSA) is 113 Å². The number of aliphatic imine (C=N–C) groups is 1. The highest BCUT2D eigenvalue weighted by Gasteiger charge is 2.48. The van der Waals surface area contributed by atoms with Crippen LogP contribution in [-0.2, 0) is 5.54 Å². The van der Waals surface area contributed by atoms with E-state index in [0.29, 0.717) is 27.6 Å². The first-order valence-electron chi connectivity index (χ1n) is 8.90. The van der Waals surface area contributed by atoms with Crippen molar-refractivity contribution in [2.24, 2.45) is 10.7 Å². The molecule has 3 aromatic rings. The summed E-state index contributed by atoms with van der Waals surface area (Å²) in [5.41, 5.74) is 7.29. The highest BCUT2D eigenvalue weighted by molar-refractivity contribution is 8.14. The molecule has 0 amide bonds. The van der Waals surface area contributed by atoms with Crippen molar-refractivity contribution in [1.29, 1.82) is 5.26 Å². The lowest BCUT2D eigenvalue weighted by atomic mass is 9.88. The molecule has 2 aliphatic rings. The zero-order valence-electron chi connectivity index (χ0n) is 15.5. The maximum atomic E-state index is 14.8. The Hall–Kier alpha value is -3.58. The van der Waals surface area contributed by atoms with Crippen molar-refractivity contribution in [1.82, 2.24) is 15.0 Å². The molecule has 10 heteroatoms. The SMILES string of the molecule is C[C@]1(c2cc(Nc3ncnc4cc(C#N)cnc34)cc(F)c2F)N=C(N)S[C@H]2C=C21. The summed E-state index contributed by atoms with van der Waals surface area (Å²) in [5, 5.41) is 12.4. The third kappa shape index (κ3) is 2.86. The van der Waals surface area contributed by atoms with Gasteiger partial charge < -0.3 is 11.1 Å². The molecular formula is C20H13F2N7S. The molecule has 0 saturated heterocycles. The summed E-state index contributed by atoms with van der Waals surface area (Å²) in [5.74, 6) is -1.68. The number of fused-ring (bicyclic) bond motifs is 2. The Bertz CT molecular complexity index is 1330. The van der Waals surface area contributed by atoms with Gasteiger partial charge in [0.05, 0.1) is 16.3 Å². The lowest BCUT2D eigenvalue weighted by Gasteiger charge is -2.29. The highest BCUT2D eigenvalue weighted by atomic mass is 32.2. The third-order valence-corrected chi connectivity index (χ3v) is 6.07. The fourth-order valence-corrected chi connectivity index (χ4v) is 4.62. The van der Waals surface area contributed by atoms with Crippen LogP contribution in [0.4, 0.5) is 20.3 Å². The molecule has 1 aliphatic carbocycles. The fraction of sp³-hybridized carbons (Fsp3) is 0.150. The third-order valence-electron chi connectivity index (χ3n) is 5.09. The van der Waals surface area contributed by atoms with Gasteiger partial charge in [-0.05, 0) is 24.6 Å². The van der Waals surface area contributed by atoms with E-state index in [9.17, 15) is 8.78 Å². The van der Waals surface area contributed by atoms with Gasteiger partial charge in [0.1, 0.15) is 23.5 Å². The van der Waals surface area contributed by atoms with Crippen LogP contribution < -0.4 is 11.1 Å². The second-order valence-electron chi connectivity index (χ2n) is 7.05. The van der Waals surface area contributed by atoms with Crippen LogP contribution in [0.3, 0.4) is 0 Å². The number of hydrogen-bond acceptors (Lipinski definition) is 8. The molecule has 0 fully saturated rings. The molecule has 30 heavy (non-hydrogen) atoms. The highest BCUT2D eigenvalue weighted by Crippen LogP contribution is 2.52. The van der Waals surface area contributed by atoms with E-state index < -0.39 is 17.2 Å². The average molecular weight is 421 g/mol. The van der Waals surface area contributed by atoms with Crippen LogP contribution in [0.1, 0.15) is 18.1 Å². The van der Waals surface area contributed by atoms with Crippen LogP contribution in [0.25, 0.3) is 11.0 Å². The van der Waals surface area contributed by atoms with Crippen LogP contribution in [-0.4, -0.2) is 25.4 Å². The molecule has 2 atom stereocenters. The van der Waals surface area contributed by atoms with Gasteiger partial charge in [-0.15, -0.1) is 0 Å². The Morgan fingerprint density at radius 3 is 2.87 bits per heavy atom. The van der Waals surface area contributed by atoms with Crippen molar-refractivity contribution in [2.45, 2.75) is 17.7 Å². The number of amidine groups is 1. The molecule has 0 radical (unpaired) electrons. The Morgan fingerprint density at radius 2 is 2.07 bits per heavy atom. The van der Waals surface area contributed by atoms with E-state index in [2.05, 4.69) is 25.3 Å². The van der Waals surface area contributed by atoms with Gasteiger partial charge >= 0.3 is 0 Å². The number of rotatable bonds is 3. The van der Waals surface area contributed by atoms with Crippen LogP contribution >= 0.6 is 11.8 Å². The minimum Gasteiger partial charge on any atom is -0.378 e. The van der Waals surface area contributed by atoms with Gasteiger partial charge in [-0.1, -0.05) is 17.8 Å². The Labute approximate surface area is 173 Å². The van der Waals surface area contributed by atoms with Gasteiger partial charge in [0, 0.05) is 23.5 Å². The number of pyridine rings is 1. The maximum Gasteiger partial charge on any atom is 0.164 e. The Balaban J connectivity index is 1.59. The lowest BCUT2D eigenvalue weighted by Crippen LogP contribution is -2.30. The first kappa shape index (κ1) is 18.4. The molecule has 0 unspecified atom stereocenters. The predicted molar refractivity (Wildman–Crippen MR) is 110 cm³/mol. The number of nitriles is 1. The molecule has 5 rings (SSSR count). The van der Waals surface area contributed by atoms with E-state index >= 15 is 0 Å². The smallest absolute Gasteiger partial charge is 0.164 e. The number of nitrogens with zero attached hydrogens (tertiary/aromatic N) is 5. The molecule has 148 valence electrons. The van der Waals surface area contributed by atoms with E-state index in [-0.39, 0.29) is 16.5 Å². The van der Waals surface area contributed by atoms with Crippen molar-refractivity contribution < 1.29 is 8.78 Å². The quantitative estimate of drug-likeness (QED) is 0.622. The number of nitrogens with two attached hydrogens (primary N) is 1. The molecule has 2 aromatic heterocycles. The van der Waals surface area contributed by atoms with Crippen LogP contribution in [0.2, 0.25) is 0 Å². The maximum absolute atomic E-state index is 14.8. The lowest BCUT2D eigenvalue weighted by molar-refractivity contribution is 0.470. The van der Waals surface area contributed by atoms with Crippen LogP contribution in [0, 0.1) is 23.0 Å². The summed E-state index contributed by atoms with van der Waals surface area (Å²) in [6.45, 7) is 1.72. The van der Waals surface area contributed by atoms with Gasteiger partial charge in [-0.25, -0.2) is 28.7 Å². The number of nitrogens with one attached hydrogen (secondary N) is 1. The second kappa shape index (κ2) is 6.47. The molecule has 3 N–H and O–H groups in total. The van der Waals surface area contributed by atoms with E-state index in [4.69, 9.17) is 11.0 Å². The zero-order chi connectivity index (χ0) is 21.0. The Morgan fingerprint density at radius 1 is 1.23 bits per heavy atom. The fourth-order valence-electron chi connectivity index (χ4n) is 3.56. The van der Waals surface area contributed by atoms with Crippen molar-refractivity contribution in [2.75, 3.05) is 5.32 Å². The number of benzene rings is 1. The van der Waals surface area contributed by atoms with Gasteiger partial charge in [0.2, 0.25) is 0 Å². The number of anilines is 2. The molecule has 0 spiro atoms. The van der Waals surface area contributed by atoms with E-state index in [0.717, 1.165) is 11.6 Å².